The molecule has 0 aromatic heterocycles. The first kappa shape index (κ1) is 12.0. The lowest BCUT2D eigenvalue weighted by Crippen LogP contribution is -2.39. The van der Waals surface area contributed by atoms with E-state index in [-0.39, 0.29) is 11.9 Å². The van der Waals surface area contributed by atoms with E-state index in [4.69, 9.17) is 11.2 Å². The van der Waals surface area contributed by atoms with Gasteiger partial charge in [-0.1, -0.05) is 5.92 Å². The number of rotatable bonds is 5. The lowest BCUT2D eigenvalue weighted by atomic mass is 10.2. The van der Waals surface area contributed by atoms with Crippen LogP contribution in [-0.2, 0) is 9.53 Å². The van der Waals surface area contributed by atoms with Crippen molar-refractivity contribution in [1.29, 1.82) is 0 Å². The zero-order valence-electron chi connectivity index (χ0n) is 9.08. The minimum absolute atomic E-state index is 0.00648. The largest absolute Gasteiger partial charge is 0.381 e. The van der Waals surface area contributed by atoms with Gasteiger partial charge in [0, 0.05) is 13.2 Å². The van der Waals surface area contributed by atoms with Crippen molar-refractivity contribution < 1.29 is 9.53 Å². The number of hydrogen-bond acceptors (Lipinski definition) is 3. The van der Waals surface area contributed by atoms with Crippen LogP contribution in [0.5, 0.6) is 0 Å². The monoisotopic (exact) mass is 210 g/mol. The molecule has 2 atom stereocenters. The summed E-state index contributed by atoms with van der Waals surface area (Å²) < 4.78 is 5.23. The quantitative estimate of drug-likeness (QED) is 0.492. The SMILES string of the molecule is C#CCNCC(=O)NC1CCC(OC)C1. The molecule has 1 amide bonds. The Morgan fingerprint density at radius 1 is 1.60 bits per heavy atom. The predicted octanol–water partition coefficient (Wildman–Crippen LogP) is -0.107. The Morgan fingerprint density at radius 3 is 3.00 bits per heavy atom. The van der Waals surface area contributed by atoms with Crippen LogP contribution in [-0.4, -0.2) is 38.3 Å². The molecule has 1 fully saturated rings. The van der Waals surface area contributed by atoms with Crippen LogP contribution in [0.3, 0.4) is 0 Å². The summed E-state index contributed by atoms with van der Waals surface area (Å²) in [6.45, 7) is 0.719. The molecular formula is C11H18N2O2. The molecule has 0 aromatic rings. The molecule has 1 aliphatic carbocycles. The van der Waals surface area contributed by atoms with Crippen LogP contribution >= 0.6 is 0 Å². The Hall–Kier alpha value is -1.05. The van der Waals surface area contributed by atoms with Crippen LogP contribution in [0, 0.1) is 12.3 Å². The molecule has 4 heteroatoms. The van der Waals surface area contributed by atoms with E-state index in [1.807, 2.05) is 0 Å². The van der Waals surface area contributed by atoms with E-state index in [0.717, 1.165) is 19.3 Å². The fraction of sp³-hybridized carbons (Fsp3) is 0.727. The molecule has 0 aromatic carbocycles. The van der Waals surface area contributed by atoms with E-state index in [9.17, 15) is 4.79 Å². The number of carbonyl (C=O) groups excluding carboxylic acids is 1. The standard InChI is InChI=1S/C11H18N2O2/c1-3-6-12-8-11(14)13-9-4-5-10(7-9)15-2/h1,9-10,12H,4-8H2,2H3,(H,13,14). The maximum absolute atomic E-state index is 11.4. The van der Waals surface area contributed by atoms with Crippen molar-refractivity contribution in [3.63, 3.8) is 0 Å². The van der Waals surface area contributed by atoms with Gasteiger partial charge in [0.2, 0.25) is 5.91 Å². The third kappa shape index (κ3) is 4.32. The maximum atomic E-state index is 11.4. The summed E-state index contributed by atoms with van der Waals surface area (Å²) in [7, 11) is 1.71. The first-order chi connectivity index (χ1) is 7.26. The third-order valence-electron chi connectivity index (χ3n) is 2.60. The van der Waals surface area contributed by atoms with Crippen LogP contribution in [0.25, 0.3) is 0 Å². The van der Waals surface area contributed by atoms with Crippen LogP contribution in [0.4, 0.5) is 0 Å². The number of ether oxygens (including phenoxy) is 1. The highest BCUT2D eigenvalue weighted by atomic mass is 16.5. The van der Waals surface area contributed by atoms with Gasteiger partial charge in [0.1, 0.15) is 0 Å². The van der Waals surface area contributed by atoms with E-state index >= 15 is 0 Å². The zero-order chi connectivity index (χ0) is 11.1. The van der Waals surface area contributed by atoms with Crippen molar-refractivity contribution in [1.82, 2.24) is 10.6 Å². The van der Waals surface area contributed by atoms with Crippen molar-refractivity contribution in [3.05, 3.63) is 0 Å². The smallest absolute Gasteiger partial charge is 0.234 e. The van der Waals surface area contributed by atoms with Gasteiger partial charge in [0.25, 0.3) is 0 Å². The summed E-state index contributed by atoms with van der Waals surface area (Å²) in [6.07, 6.45) is 8.29. The summed E-state index contributed by atoms with van der Waals surface area (Å²) in [6, 6.07) is 0.259. The maximum Gasteiger partial charge on any atom is 0.234 e. The fourth-order valence-electron chi connectivity index (χ4n) is 1.81. The predicted molar refractivity (Wildman–Crippen MR) is 58.3 cm³/mol. The average molecular weight is 210 g/mol. The lowest BCUT2D eigenvalue weighted by molar-refractivity contribution is -0.120. The van der Waals surface area contributed by atoms with Crippen molar-refractivity contribution >= 4 is 5.91 Å². The zero-order valence-corrected chi connectivity index (χ0v) is 9.08. The summed E-state index contributed by atoms with van der Waals surface area (Å²) >= 11 is 0. The van der Waals surface area contributed by atoms with Gasteiger partial charge in [0.15, 0.2) is 0 Å². The number of carbonyl (C=O) groups is 1. The second kappa shape index (κ2) is 6.44. The molecule has 1 saturated carbocycles. The van der Waals surface area contributed by atoms with Crippen molar-refractivity contribution in [2.45, 2.75) is 31.4 Å². The Morgan fingerprint density at radius 2 is 2.40 bits per heavy atom. The number of nitrogens with one attached hydrogen (secondary N) is 2. The van der Waals surface area contributed by atoms with Crippen LogP contribution in [0.1, 0.15) is 19.3 Å². The molecule has 2 unspecified atom stereocenters. The topological polar surface area (TPSA) is 50.4 Å². The molecule has 84 valence electrons. The number of hydrogen-bond donors (Lipinski definition) is 2. The highest BCUT2D eigenvalue weighted by Gasteiger charge is 2.25. The lowest BCUT2D eigenvalue weighted by Gasteiger charge is -2.12. The minimum atomic E-state index is 0.00648. The molecule has 0 saturated heterocycles. The van der Waals surface area contributed by atoms with Crippen LogP contribution in [0.2, 0.25) is 0 Å². The van der Waals surface area contributed by atoms with Crippen LogP contribution in [0.15, 0.2) is 0 Å². The van der Waals surface area contributed by atoms with Gasteiger partial charge >= 0.3 is 0 Å². The highest BCUT2D eigenvalue weighted by molar-refractivity contribution is 5.78. The number of amides is 1. The van der Waals surface area contributed by atoms with E-state index in [1.165, 1.54) is 0 Å². The van der Waals surface area contributed by atoms with E-state index in [2.05, 4.69) is 16.6 Å². The molecule has 0 bridgehead atoms. The Kier molecular flexibility index (Phi) is 5.16. The molecule has 1 rings (SSSR count). The normalized spacial score (nSPS) is 24.8. The molecule has 4 nitrogen and oxygen atoms in total. The molecule has 1 aliphatic rings. The van der Waals surface area contributed by atoms with E-state index in [0.29, 0.717) is 19.2 Å². The van der Waals surface area contributed by atoms with Gasteiger partial charge in [-0.2, -0.15) is 0 Å². The first-order valence-corrected chi connectivity index (χ1v) is 5.22. The Labute approximate surface area is 90.8 Å². The van der Waals surface area contributed by atoms with Gasteiger partial charge in [-0.05, 0) is 19.3 Å². The Balaban J connectivity index is 2.13. The summed E-state index contributed by atoms with van der Waals surface area (Å²) in [4.78, 5) is 11.4. The van der Waals surface area contributed by atoms with Gasteiger partial charge in [0.05, 0.1) is 19.2 Å². The molecule has 0 aliphatic heterocycles. The summed E-state index contributed by atoms with van der Waals surface area (Å²) in [5.41, 5.74) is 0. The van der Waals surface area contributed by atoms with Gasteiger partial charge < -0.3 is 10.1 Å². The number of terminal acetylenes is 1. The summed E-state index contributed by atoms with van der Waals surface area (Å²) in [5.74, 6) is 2.43. The van der Waals surface area contributed by atoms with Gasteiger partial charge in [-0.15, -0.1) is 6.42 Å². The second-order valence-electron chi connectivity index (χ2n) is 3.74. The van der Waals surface area contributed by atoms with Gasteiger partial charge in [-0.25, -0.2) is 0 Å². The Bertz CT molecular complexity index is 247. The first-order valence-electron chi connectivity index (χ1n) is 5.22. The molecule has 0 radical (unpaired) electrons. The molecule has 0 spiro atoms. The summed E-state index contributed by atoms with van der Waals surface area (Å²) in [5, 5.41) is 5.81. The molecular weight excluding hydrogens is 192 g/mol. The van der Waals surface area contributed by atoms with E-state index in [1.54, 1.807) is 7.11 Å². The third-order valence-corrected chi connectivity index (χ3v) is 2.60. The molecule has 0 heterocycles. The number of methoxy groups -OCH3 is 1. The second-order valence-corrected chi connectivity index (χ2v) is 3.74. The van der Waals surface area contributed by atoms with Gasteiger partial charge in [-0.3, -0.25) is 10.1 Å². The van der Waals surface area contributed by atoms with Crippen molar-refractivity contribution in [2.24, 2.45) is 0 Å². The van der Waals surface area contributed by atoms with Crippen molar-refractivity contribution in [2.75, 3.05) is 20.2 Å². The highest BCUT2D eigenvalue weighted by Crippen LogP contribution is 2.20. The van der Waals surface area contributed by atoms with E-state index < -0.39 is 0 Å². The fourth-order valence-corrected chi connectivity index (χ4v) is 1.81. The average Bonchev–Trinajstić information content (AvgIpc) is 2.66. The van der Waals surface area contributed by atoms with Crippen molar-refractivity contribution in [3.8, 4) is 12.3 Å². The molecule has 2 N–H and O–H groups in total. The minimum Gasteiger partial charge on any atom is -0.381 e. The van der Waals surface area contributed by atoms with Crippen LogP contribution < -0.4 is 10.6 Å². The molecule has 15 heavy (non-hydrogen) atoms.